The highest BCUT2D eigenvalue weighted by atomic mass is 32.1. The van der Waals surface area contributed by atoms with Gasteiger partial charge >= 0.3 is 6.18 Å². The van der Waals surface area contributed by atoms with E-state index < -0.39 is 11.7 Å². The third-order valence-electron chi connectivity index (χ3n) is 4.83. The van der Waals surface area contributed by atoms with Gasteiger partial charge in [0.2, 0.25) is 0 Å². The van der Waals surface area contributed by atoms with Crippen molar-refractivity contribution >= 4 is 21.6 Å². The maximum atomic E-state index is 13.1. The largest absolute Gasteiger partial charge is 0.416 e. The fourth-order valence-electron chi connectivity index (χ4n) is 3.68. The molecule has 1 fully saturated rings. The van der Waals surface area contributed by atoms with Gasteiger partial charge in [0.05, 0.1) is 29.0 Å². The van der Waals surface area contributed by atoms with Crippen LogP contribution in [-0.4, -0.2) is 42.3 Å². The number of thiazole rings is 1. The van der Waals surface area contributed by atoms with E-state index in [1.807, 2.05) is 4.57 Å². The number of halogens is 3. The second-order valence-corrected chi connectivity index (χ2v) is 7.39. The molecule has 0 amide bonds. The van der Waals surface area contributed by atoms with Crippen LogP contribution in [0, 0.1) is 5.41 Å². The molecule has 0 bridgehead atoms. The molecule has 1 aromatic heterocycles. The van der Waals surface area contributed by atoms with E-state index in [1.165, 1.54) is 12.1 Å². The lowest BCUT2D eigenvalue weighted by Crippen LogP contribution is -2.41. The van der Waals surface area contributed by atoms with Crippen molar-refractivity contribution in [1.82, 2.24) is 9.47 Å². The molecule has 3 heterocycles. The van der Waals surface area contributed by atoms with E-state index >= 15 is 0 Å². The van der Waals surface area contributed by atoms with E-state index in [9.17, 15) is 13.2 Å². The molecule has 1 N–H and O–H groups in total. The molecule has 4 rings (SSSR count). The van der Waals surface area contributed by atoms with Crippen molar-refractivity contribution in [3.05, 3.63) is 28.1 Å². The molecule has 1 unspecified atom stereocenters. The molecule has 0 saturated carbocycles. The van der Waals surface area contributed by atoms with Gasteiger partial charge in [-0.05, 0) is 30.5 Å². The Labute approximate surface area is 141 Å². The molecular formula is C16H18F3N3OS. The summed E-state index contributed by atoms with van der Waals surface area (Å²) in [7, 11) is 0. The molecular weight excluding hydrogens is 339 g/mol. The predicted molar refractivity (Wildman–Crippen MR) is 85.3 cm³/mol. The van der Waals surface area contributed by atoms with Gasteiger partial charge in [0.25, 0.3) is 0 Å². The van der Waals surface area contributed by atoms with E-state index in [-0.39, 0.29) is 6.04 Å². The van der Waals surface area contributed by atoms with Crippen molar-refractivity contribution in [3.8, 4) is 0 Å². The number of nitrogens with zero attached hydrogens (tertiary/aromatic N) is 2. The quantitative estimate of drug-likeness (QED) is 0.898. The van der Waals surface area contributed by atoms with Gasteiger partial charge in [-0.2, -0.15) is 13.2 Å². The van der Waals surface area contributed by atoms with Crippen LogP contribution in [-0.2, 0) is 17.3 Å². The molecule has 0 aliphatic carbocycles. The Hall–Kier alpha value is -1.38. The summed E-state index contributed by atoms with van der Waals surface area (Å²) in [4.78, 5) is 2.66. The van der Waals surface area contributed by atoms with Gasteiger partial charge in [-0.1, -0.05) is 11.3 Å². The summed E-state index contributed by atoms with van der Waals surface area (Å²) >= 11 is 1.14. The fourth-order valence-corrected chi connectivity index (χ4v) is 4.74. The first-order chi connectivity index (χ1) is 11.4. The Morgan fingerprint density at radius 3 is 2.71 bits per heavy atom. The fraction of sp³-hybridized carbons (Fsp3) is 0.562. The molecule has 2 aliphatic heterocycles. The number of aryl methyl sites for hydroxylation is 1. The lowest BCUT2D eigenvalue weighted by atomic mass is 9.96. The topological polar surface area (TPSA) is 41.2 Å². The zero-order valence-corrected chi connectivity index (χ0v) is 13.8. The normalized spacial score (nSPS) is 22.2. The van der Waals surface area contributed by atoms with Gasteiger partial charge < -0.3 is 9.30 Å². The first-order valence-corrected chi connectivity index (χ1v) is 8.85. The third-order valence-corrected chi connectivity index (χ3v) is 5.75. The van der Waals surface area contributed by atoms with Crippen LogP contribution in [0.1, 0.15) is 23.6 Å². The summed E-state index contributed by atoms with van der Waals surface area (Å²) in [6.07, 6.45) is -2.94. The number of ether oxygens (including phenoxy) is 1. The van der Waals surface area contributed by atoms with E-state index in [0.29, 0.717) is 21.5 Å². The van der Waals surface area contributed by atoms with Crippen LogP contribution in [0.2, 0.25) is 0 Å². The maximum absolute atomic E-state index is 13.1. The summed E-state index contributed by atoms with van der Waals surface area (Å²) in [5.74, 6) is 0. The summed E-state index contributed by atoms with van der Waals surface area (Å²) in [5.41, 5.74) is 0.931. The monoisotopic (exact) mass is 357 g/mol. The van der Waals surface area contributed by atoms with E-state index in [0.717, 1.165) is 56.1 Å². The molecule has 0 spiro atoms. The van der Waals surface area contributed by atoms with Crippen molar-refractivity contribution in [2.24, 2.45) is 0 Å². The van der Waals surface area contributed by atoms with Crippen LogP contribution in [0.15, 0.2) is 12.1 Å². The van der Waals surface area contributed by atoms with Crippen LogP contribution in [0.25, 0.3) is 10.2 Å². The Balaban J connectivity index is 1.74. The lowest BCUT2D eigenvalue weighted by molar-refractivity contribution is -0.137. The predicted octanol–water partition coefficient (Wildman–Crippen LogP) is 3.02. The first kappa shape index (κ1) is 16.1. The maximum Gasteiger partial charge on any atom is 0.416 e. The summed E-state index contributed by atoms with van der Waals surface area (Å²) < 4.78 is 47.1. The summed E-state index contributed by atoms with van der Waals surface area (Å²) in [5, 5.41) is 8.26. The van der Waals surface area contributed by atoms with Gasteiger partial charge in [-0.3, -0.25) is 10.3 Å². The van der Waals surface area contributed by atoms with Crippen LogP contribution in [0.4, 0.5) is 13.2 Å². The van der Waals surface area contributed by atoms with E-state index in [4.69, 9.17) is 10.1 Å². The highest BCUT2D eigenvalue weighted by molar-refractivity contribution is 7.16. The molecule has 0 radical (unpaired) electrons. The van der Waals surface area contributed by atoms with E-state index in [2.05, 4.69) is 4.90 Å². The number of aromatic nitrogens is 1. The molecule has 1 atom stereocenters. The number of rotatable bonds is 2. The highest BCUT2D eigenvalue weighted by Crippen LogP contribution is 2.38. The molecule has 24 heavy (non-hydrogen) atoms. The second kappa shape index (κ2) is 5.86. The van der Waals surface area contributed by atoms with Crippen molar-refractivity contribution in [2.75, 3.05) is 32.8 Å². The third kappa shape index (κ3) is 2.76. The van der Waals surface area contributed by atoms with Crippen molar-refractivity contribution in [3.63, 3.8) is 0 Å². The summed E-state index contributed by atoms with van der Waals surface area (Å²) in [6, 6.07) is 2.60. The van der Waals surface area contributed by atoms with Crippen LogP contribution in [0.5, 0.6) is 0 Å². The molecule has 4 nitrogen and oxygen atoms in total. The molecule has 1 saturated heterocycles. The van der Waals surface area contributed by atoms with Crippen LogP contribution in [0.3, 0.4) is 0 Å². The first-order valence-electron chi connectivity index (χ1n) is 8.03. The molecule has 2 aliphatic rings. The zero-order chi connectivity index (χ0) is 16.9. The van der Waals surface area contributed by atoms with Gasteiger partial charge in [0.1, 0.15) is 0 Å². The highest BCUT2D eigenvalue weighted by Gasteiger charge is 2.34. The number of nitrogens with one attached hydrogen (secondary N) is 1. The Kier molecular flexibility index (Phi) is 3.93. The Morgan fingerprint density at radius 1 is 1.25 bits per heavy atom. The number of hydrogen-bond donors (Lipinski definition) is 1. The number of alkyl halides is 3. The number of hydrogen-bond acceptors (Lipinski definition) is 4. The van der Waals surface area contributed by atoms with Gasteiger partial charge in [0.15, 0.2) is 4.80 Å². The van der Waals surface area contributed by atoms with Crippen LogP contribution < -0.4 is 4.80 Å². The van der Waals surface area contributed by atoms with Crippen molar-refractivity contribution in [2.45, 2.75) is 25.1 Å². The minimum Gasteiger partial charge on any atom is -0.379 e. The standard InChI is InChI=1S/C16H18F3N3OS/c17-16(18,19)11-7-10-1-2-12(9-21-3-5-23-6-4-21)22-14(10)13(8-11)24-15(22)20/h7-8,12,20H,1-6,9H2. The van der Waals surface area contributed by atoms with Gasteiger partial charge in [-0.15, -0.1) is 0 Å². The Morgan fingerprint density at radius 2 is 2.00 bits per heavy atom. The van der Waals surface area contributed by atoms with Gasteiger partial charge in [0, 0.05) is 25.7 Å². The second-order valence-electron chi connectivity index (χ2n) is 6.36. The minimum absolute atomic E-state index is 0.147. The van der Waals surface area contributed by atoms with Crippen molar-refractivity contribution < 1.29 is 17.9 Å². The smallest absolute Gasteiger partial charge is 0.379 e. The average Bonchev–Trinajstić information content (AvgIpc) is 2.88. The summed E-state index contributed by atoms with van der Waals surface area (Å²) in [6.45, 7) is 4.01. The average molecular weight is 357 g/mol. The van der Waals surface area contributed by atoms with Crippen molar-refractivity contribution in [1.29, 1.82) is 5.41 Å². The Bertz CT molecular complexity index is 820. The van der Waals surface area contributed by atoms with Gasteiger partial charge in [-0.25, -0.2) is 0 Å². The van der Waals surface area contributed by atoms with Crippen LogP contribution >= 0.6 is 11.3 Å². The zero-order valence-electron chi connectivity index (χ0n) is 13.0. The van der Waals surface area contributed by atoms with E-state index in [1.54, 1.807) is 0 Å². The molecule has 130 valence electrons. The minimum atomic E-state index is -4.34. The number of benzene rings is 1. The molecule has 8 heteroatoms. The molecule has 1 aromatic carbocycles. The molecule has 2 aromatic rings. The SMILES string of the molecule is N=c1sc2cc(C(F)(F)F)cc3c2n1C(CN1CCOCC1)CC3. The number of morpholine rings is 1. The lowest BCUT2D eigenvalue weighted by Gasteiger charge is -2.33.